The van der Waals surface area contributed by atoms with E-state index in [0.717, 1.165) is 28.5 Å². The van der Waals surface area contributed by atoms with Crippen LogP contribution >= 0.6 is 11.8 Å². The number of ether oxygens (including phenoxy) is 1. The molecule has 0 amide bonds. The van der Waals surface area contributed by atoms with Gasteiger partial charge in [0.25, 0.3) is 0 Å². The molecule has 0 N–H and O–H groups in total. The van der Waals surface area contributed by atoms with E-state index in [0.29, 0.717) is 5.03 Å². The van der Waals surface area contributed by atoms with Gasteiger partial charge in [-0.3, -0.25) is 4.79 Å². The first-order valence-electron chi connectivity index (χ1n) is 10.6. The van der Waals surface area contributed by atoms with Crippen LogP contribution in [0.3, 0.4) is 0 Å². The summed E-state index contributed by atoms with van der Waals surface area (Å²) in [6.07, 6.45) is 1.70. The Bertz CT molecular complexity index is 1020. The Morgan fingerprint density at radius 1 is 0.781 bits per heavy atom. The fourth-order valence-electron chi connectivity index (χ4n) is 3.70. The van der Waals surface area contributed by atoms with Crippen molar-refractivity contribution in [3.8, 4) is 0 Å². The van der Waals surface area contributed by atoms with Crippen molar-refractivity contribution in [3.05, 3.63) is 132 Å². The Labute approximate surface area is 193 Å². The number of aromatic nitrogens is 1. The lowest BCUT2D eigenvalue weighted by atomic mass is 9.80. The van der Waals surface area contributed by atoms with Gasteiger partial charge < -0.3 is 4.74 Å². The van der Waals surface area contributed by atoms with Gasteiger partial charge in [0, 0.05) is 12.1 Å². The van der Waals surface area contributed by atoms with Crippen LogP contribution in [0.5, 0.6) is 0 Å². The molecule has 0 radical (unpaired) electrons. The highest BCUT2D eigenvalue weighted by Crippen LogP contribution is 2.41. The van der Waals surface area contributed by atoms with Gasteiger partial charge in [-0.05, 0) is 40.6 Å². The van der Waals surface area contributed by atoms with Crippen LogP contribution < -0.4 is 0 Å². The molecule has 4 aromatic rings. The van der Waals surface area contributed by atoms with Gasteiger partial charge in [-0.2, -0.15) is 0 Å². The highest BCUT2D eigenvalue weighted by atomic mass is 32.2. The van der Waals surface area contributed by atoms with Gasteiger partial charge in [-0.1, -0.05) is 104 Å². The van der Waals surface area contributed by atoms with Crippen molar-refractivity contribution in [1.82, 2.24) is 4.98 Å². The fourth-order valence-corrected chi connectivity index (χ4v) is 4.43. The number of hydrogen-bond donors (Lipinski definition) is 0. The summed E-state index contributed by atoms with van der Waals surface area (Å²) in [7, 11) is 0. The Kier molecular flexibility index (Phi) is 7.15. The van der Waals surface area contributed by atoms with E-state index < -0.39 is 5.60 Å². The smallest absolute Gasteiger partial charge is 0.200 e. The zero-order chi connectivity index (χ0) is 22.2. The van der Waals surface area contributed by atoms with Gasteiger partial charge in [0.1, 0.15) is 10.6 Å². The van der Waals surface area contributed by atoms with E-state index >= 15 is 0 Å². The highest BCUT2D eigenvalue weighted by Gasteiger charge is 2.38. The minimum absolute atomic E-state index is 0.0341. The summed E-state index contributed by atoms with van der Waals surface area (Å²) in [4.78, 5) is 17.1. The zero-order valence-corrected chi connectivity index (χ0v) is 18.7. The van der Waals surface area contributed by atoms with Crippen molar-refractivity contribution < 1.29 is 9.53 Å². The van der Waals surface area contributed by atoms with E-state index in [1.165, 1.54) is 0 Å². The molecule has 0 aliphatic rings. The summed E-state index contributed by atoms with van der Waals surface area (Å²) < 4.78 is 6.75. The molecule has 32 heavy (non-hydrogen) atoms. The normalized spacial score (nSPS) is 12.3. The number of thioether (sulfide) groups is 1. The van der Waals surface area contributed by atoms with Gasteiger partial charge in [-0.15, -0.1) is 0 Å². The molecule has 1 aromatic heterocycles. The quantitative estimate of drug-likeness (QED) is 0.237. The van der Waals surface area contributed by atoms with Gasteiger partial charge in [0.05, 0.1) is 6.61 Å². The molecule has 0 saturated carbocycles. The molecule has 0 spiro atoms. The molecule has 3 nitrogen and oxygen atoms in total. The lowest BCUT2D eigenvalue weighted by molar-refractivity contribution is -0.117. The van der Waals surface area contributed by atoms with Crippen molar-refractivity contribution in [2.45, 2.75) is 17.6 Å². The molecule has 0 saturated heterocycles. The maximum Gasteiger partial charge on any atom is 0.200 e. The molecular formula is C28H25NO2S. The minimum atomic E-state index is -0.825. The molecular weight excluding hydrogens is 414 g/mol. The van der Waals surface area contributed by atoms with Crippen LogP contribution in [0.25, 0.3) is 0 Å². The van der Waals surface area contributed by atoms with Crippen molar-refractivity contribution >= 4 is 16.9 Å². The van der Waals surface area contributed by atoms with Crippen molar-refractivity contribution in [2.24, 2.45) is 5.92 Å². The predicted molar refractivity (Wildman–Crippen MR) is 129 cm³/mol. The van der Waals surface area contributed by atoms with Gasteiger partial charge in [0.2, 0.25) is 0 Å². The van der Waals surface area contributed by atoms with Gasteiger partial charge in [0.15, 0.2) is 5.12 Å². The largest absolute Gasteiger partial charge is 0.360 e. The maximum absolute atomic E-state index is 12.9. The molecule has 1 heterocycles. The Balaban J connectivity index is 1.69. The van der Waals surface area contributed by atoms with Crippen molar-refractivity contribution in [2.75, 3.05) is 6.61 Å². The van der Waals surface area contributed by atoms with Crippen LogP contribution in [-0.2, 0) is 15.1 Å². The Hall–Kier alpha value is -3.21. The second-order valence-electron chi connectivity index (χ2n) is 7.58. The number of carbonyl (C=O) groups excluding carboxylic acids is 1. The van der Waals surface area contributed by atoms with Crippen LogP contribution in [0.1, 0.15) is 23.6 Å². The van der Waals surface area contributed by atoms with Crippen LogP contribution in [0, 0.1) is 5.92 Å². The number of benzene rings is 3. The first-order valence-corrected chi connectivity index (χ1v) is 11.4. The average Bonchev–Trinajstić information content (AvgIpc) is 2.87. The molecule has 0 aliphatic heterocycles. The lowest BCUT2D eigenvalue weighted by Crippen LogP contribution is -2.35. The summed E-state index contributed by atoms with van der Waals surface area (Å²) in [6, 6.07) is 36.2. The number of nitrogens with zero attached hydrogens (tertiary/aromatic N) is 1. The average molecular weight is 440 g/mol. The molecule has 0 unspecified atom stereocenters. The number of carbonyl (C=O) groups is 1. The number of rotatable bonds is 8. The van der Waals surface area contributed by atoms with E-state index in [1.807, 2.05) is 79.7 Å². The van der Waals surface area contributed by atoms with Crippen molar-refractivity contribution in [3.63, 3.8) is 0 Å². The van der Waals surface area contributed by atoms with Gasteiger partial charge >= 0.3 is 0 Å². The Morgan fingerprint density at radius 2 is 1.25 bits per heavy atom. The molecule has 0 fully saturated rings. The molecule has 160 valence electrons. The van der Waals surface area contributed by atoms with Crippen LogP contribution in [0.2, 0.25) is 0 Å². The first kappa shape index (κ1) is 22.0. The number of pyridine rings is 1. The summed E-state index contributed by atoms with van der Waals surface area (Å²) in [5.74, 6) is -0.308. The van der Waals surface area contributed by atoms with Crippen LogP contribution in [0.4, 0.5) is 0 Å². The third-order valence-corrected chi connectivity index (χ3v) is 6.39. The van der Waals surface area contributed by atoms with Crippen LogP contribution in [-0.4, -0.2) is 16.7 Å². The summed E-state index contributed by atoms with van der Waals surface area (Å²) in [5, 5.41) is 0.733. The Morgan fingerprint density at radius 3 is 1.69 bits per heavy atom. The maximum atomic E-state index is 12.9. The molecule has 0 aliphatic carbocycles. The fraction of sp³-hybridized carbons (Fsp3) is 0.143. The second-order valence-corrected chi connectivity index (χ2v) is 8.61. The van der Waals surface area contributed by atoms with Gasteiger partial charge in [-0.25, -0.2) is 4.98 Å². The lowest BCUT2D eigenvalue weighted by Gasteiger charge is -2.36. The summed E-state index contributed by atoms with van der Waals surface area (Å²) >= 11 is 1.16. The van der Waals surface area contributed by atoms with E-state index in [2.05, 4.69) is 41.4 Å². The highest BCUT2D eigenvalue weighted by molar-refractivity contribution is 8.13. The van der Waals surface area contributed by atoms with Crippen LogP contribution in [0.15, 0.2) is 120 Å². The third-order valence-electron chi connectivity index (χ3n) is 5.34. The zero-order valence-electron chi connectivity index (χ0n) is 17.9. The molecule has 1 atom stereocenters. The third kappa shape index (κ3) is 4.82. The summed E-state index contributed by atoms with van der Waals surface area (Å²) in [5.41, 5.74) is 2.24. The second kappa shape index (κ2) is 10.4. The van der Waals surface area contributed by atoms with E-state index in [-0.39, 0.29) is 17.6 Å². The first-order chi connectivity index (χ1) is 15.7. The molecule has 4 rings (SSSR count). The number of hydrogen-bond acceptors (Lipinski definition) is 4. The summed E-state index contributed by atoms with van der Waals surface area (Å²) in [6.45, 7) is 2.18. The monoisotopic (exact) mass is 439 g/mol. The van der Waals surface area contributed by atoms with Crippen molar-refractivity contribution in [1.29, 1.82) is 0 Å². The van der Waals surface area contributed by atoms with E-state index in [1.54, 1.807) is 6.20 Å². The molecule has 0 bridgehead atoms. The predicted octanol–water partition coefficient (Wildman–Crippen LogP) is 6.35. The minimum Gasteiger partial charge on any atom is -0.360 e. The van der Waals surface area contributed by atoms with E-state index in [9.17, 15) is 4.79 Å². The standard InChI is InChI=1S/C28H25NO2S/c1-22(27(30)32-26-19-11-12-20-29-26)21-31-28(23-13-5-2-6-14-23,24-15-7-3-8-16-24)25-17-9-4-10-18-25/h2-20,22H,21H2,1H3/t22-/m0/s1. The van der Waals surface area contributed by atoms with E-state index in [4.69, 9.17) is 4.74 Å². The SMILES string of the molecule is C[C@@H](COC(c1ccccc1)(c1ccccc1)c1ccccc1)C(=O)Sc1ccccn1. The topological polar surface area (TPSA) is 39.2 Å². The molecule has 3 aromatic carbocycles. The molecule has 4 heteroatoms.